The van der Waals surface area contributed by atoms with Crippen molar-refractivity contribution >= 4 is 22.9 Å². The highest BCUT2D eigenvalue weighted by molar-refractivity contribution is 6.30. The van der Waals surface area contributed by atoms with Crippen LogP contribution >= 0.6 is 11.6 Å². The van der Waals surface area contributed by atoms with Gasteiger partial charge in [-0.15, -0.1) is 5.10 Å². The number of pyridine rings is 1. The van der Waals surface area contributed by atoms with E-state index in [1.807, 2.05) is 0 Å². The van der Waals surface area contributed by atoms with Gasteiger partial charge in [-0.1, -0.05) is 23.7 Å². The molecule has 0 amide bonds. The summed E-state index contributed by atoms with van der Waals surface area (Å²) < 4.78 is 14.6. The van der Waals surface area contributed by atoms with Crippen LogP contribution in [0.15, 0.2) is 36.5 Å². The van der Waals surface area contributed by atoms with Crippen molar-refractivity contribution in [3.05, 3.63) is 47.4 Å². The Bertz CT molecular complexity index is 738. The molecule has 0 fully saturated rings. The van der Waals surface area contributed by atoms with E-state index >= 15 is 0 Å². The lowest BCUT2D eigenvalue weighted by Crippen LogP contribution is -1.93. The van der Waals surface area contributed by atoms with Crippen molar-refractivity contribution in [2.24, 2.45) is 0 Å². The highest BCUT2D eigenvalue weighted by Crippen LogP contribution is 2.22. The van der Waals surface area contributed by atoms with Gasteiger partial charge in [-0.2, -0.15) is 0 Å². The molecule has 3 rings (SSSR count). The van der Waals surface area contributed by atoms with Crippen LogP contribution in [0, 0.1) is 5.82 Å². The maximum Gasteiger partial charge on any atom is 0.182 e. The number of anilines is 1. The largest absolute Gasteiger partial charge is 0.396 e. The number of hydrogen-bond acceptors (Lipinski definition) is 3. The van der Waals surface area contributed by atoms with E-state index in [0.717, 1.165) is 0 Å². The van der Waals surface area contributed by atoms with E-state index in [2.05, 4.69) is 10.1 Å². The van der Waals surface area contributed by atoms with Crippen molar-refractivity contribution in [1.82, 2.24) is 14.6 Å². The van der Waals surface area contributed by atoms with Crippen LogP contribution < -0.4 is 5.73 Å². The molecule has 2 N–H and O–H groups in total. The molecule has 6 heteroatoms. The van der Waals surface area contributed by atoms with Crippen LogP contribution in [0.1, 0.15) is 0 Å². The number of nitrogens with two attached hydrogens (primary N) is 1. The topological polar surface area (TPSA) is 56.2 Å². The first-order chi connectivity index (χ1) is 8.63. The van der Waals surface area contributed by atoms with Crippen molar-refractivity contribution in [1.29, 1.82) is 0 Å². The normalized spacial score (nSPS) is 11.0. The first-order valence-electron chi connectivity index (χ1n) is 5.21. The van der Waals surface area contributed by atoms with Crippen LogP contribution in [0.4, 0.5) is 10.1 Å². The van der Waals surface area contributed by atoms with Crippen LogP contribution in [0.5, 0.6) is 0 Å². The molecule has 2 aromatic heterocycles. The van der Waals surface area contributed by atoms with Gasteiger partial charge in [-0.25, -0.2) is 13.9 Å². The van der Waals surface area contributed by atoms with Gasteiger partial charge in [0, 0.05) is 11.8 Å². The molecule has 0 aliphatic rings. The van der Waals surface area contributed by atoms with Gasteiger partial charge >= 0.3 is 0 Å². The highest BCUT2D eigenvalue weighted by Gasteiger charge is 2.09. The maximum absolute atomic E-state index is 13.1. The van der Waals surface area contributed by atoms with Crippen LogP contribution in [0.3, 0.4) is 0 Å². The third-order valence-electron chi connectivity index (χ3n) is 2.51. The Kier molecular flexibility index (Phi) is 2.41. The molecule has 4 nitrogen and oxygen atoms in total. The van der Waals surface area contributed by atoms with Gasteiger partial charge in [-0.05, 0) is 18.2 Å². The van der Waals surface area contributed by atoms with Crippen molar-refractivity contribution in [2.75, 3.05) is 5.73 Å². The van der Waals surface area contributed by atoms with Gasteiger partial charge in [0.25, 0.3) is 0 Å². The Hall–Kier alpha value is -2.14. The molecule has 0 aliphatic heterocycles. The standard InChI is InChI=1S/C12H8ClFN4/c13-8-5-10(15)12-16-11(17-18(12)6-8)7-2-1-3-9(14)4-7/h1-6H,15H2. The maximum atomic E-state index is 13.1. The van der Waals surface area contributed by atoms with Gasteiger partial charge in [-0.3, -0.25) is 0 Å². The predicted octanol–water partition coefficient (Wildman–Crippen LogP) is 2.77. The Morgan fingerprint density at radius 1 is 1.28 bits per heavy atom. The van der Waals surface area contributed by atoms with Crippen molar-refractivity contribution in [3.8, 4) is 11.4 Å². The average Bonchev–Trinajstić information content (AvgIpc) is 2.73. The number of hydrogen-bond donors (Lipinski definition) is 1. The second kappa shape index (κ2) is 3.96. The molecule has 3 aromatic rings. The molecule has 0 saturated carbocycles. The molecule has 0 atom stereocenters. The summed E-state index contributed by atoms with van der Waals surface area (Å²) in [5.41, 5.74) is 7.32. The first-order valence-corrected chi connectivity index (χ1v) is 5.58. The number of rotatable bonds is 1. The fraction of sp³-hybridized carbons (Fsp3) is 0. The monoisotopic (exact) mass is 262 g/mol. The number of aromatic nitrogens is 3. The zero-order valence-electron chi connectivity index (χ0n) is 9.14. The summed E-state index contributed by atoms with van der Waals surface area (Å²) in [6, 6.07) is 7.67. The van der Waals surface area contributed by atoms with Crippen molar-refractivity contribution < 1.29 is 4.39 Å². The second-order valence-corrected chi connectivity index (χ2v) is 4.26. The zero-order valence-corrected chi connectivity index (χ0v) is 9.89. The third kappa shape index (κ3) is 1.78. The Labute approximate surface area is 107 Å². The van der Waals surface area contributed by atoms with Gasteiger partial charge in [0.05, 0.1) is 10.7 Å². The summed E-state index contributed by atoms with van der Waals surface area (Å²) in [5.74, 6) is 0.0702. The van der Waals surface area contributed by atoms with Crippen LogP contribution in [0.25, 0.3) is 17.0 Å². The van der Waals surface area contributed by atoms with Crippen LogP contribution in [0.2, 0.25) is 5.02 Å². The molecular formula is C12H8ClFN4. The van der Waals surface area contributed by atoms with E-state index in [1.165, 1.54) is 16.6 Å². The Morgan fingerprint density at radius 2 is 2.11 bits per heavy atom. The molecule has 0 unspecified atom stereocenters. The van der Waals surface area contributed by atoms with Gasteiger partial charge in [0.2, 0.25) is 0 Å². The van der Waals surface area contributed by atoms with Gasteiger partial charge < -0.3 is 5.73 Å². The molecule has 18 heavy (non-hydrogen) atoms. The molecule has 0 radical (unpaired) electrons. The predicted molar refractivity (Wildman–Crippen MR) is 67.8 cm³/mol. The lowest BCUT2D eigenvalue weighted by molar-refractivity contribution is 0.628. The fourth-order valence-corrected chi connectivity index (χ4v) is 1.94. The summed E-state index contributed by atoms with van der Waals surface area (Å²) in [4.78, 5) is 4.27. The summed E-state index contributed by atoms with van der Waals surface area (Å²) in [6.45, 7) is 0. The van der Waals surface area contributed by atoms with E-state index in [1.54, 1.807) is 24.4 Å². The molecule has 90 valence electrons. The minimum absolute atomic E-state index is 0.336. The lowest BCUT2D eigenvalue weighted by atomic mass is 10.2. The summed E-state index contributed by atoms with van der Waals surface area (Å²) >= 11 is 5.88. The molecule has 2 heterocycles. The van der Waals surface area contributed by atoms with Crippen molar-refractivity contribution in [3.63, 3.8) is 0 Å². The van der Waals surface area contributed by atoms with Gasteiger partial charge in [0.1, 0.15) is 5.82 Å². The fourth-order valence-electron chi connectivity index (χ4n) is 1.73. The smallest absolute Gasteiger partial charge is 0.182 e. The minimum Gasteiger partial charge on any atom is -0.396 e. The number of fused-ring (bicyclic) bond motifs is 1. The van der Waals surface area contributed by atoms with E-state index in [9.17, 15) is 4.39 Å². The quantitative estimate of drug-likeness (QED) is 0.734. The SMILES string of the molecule is Nc1cc(Cl)cn2nc(-c3cccc(F)c3)nc12. The van der Waals surface area contributed by atoms with E-state index < -0.39 is 0 Å². The molecule has 1 aromatic carbocycles. The summed E-state index contributed by atoms with van der Waals surface area (Å²) in [7, 11) is 0. The number of nitrogen functional groups attached to an aromatic ring is 1. The highest BCUT2D eigenvalue weighted by atomic mass is 35.5. The Morgan fingerprint density at radius 3 is 2.89 bits per heavy atom. The third-order valence-corrected chi connectivity index (χ3v) is 2.72. The molecule has 0 aliphatic carbocycles. The van der Waals surface area contributed by atoms with Gasteiger partial charge in [0.15, 0.2) is 11.5 Å². The number of benzene rings is 1. The number of halogens is 2. The average molecular weight is 263 g/mol. The molecule has 0 bridgehead atoms. The van der Waals surface area contributed by atoms with Crippen LogP contribution in [-0.4, -0.2) is 14.6 Å². The molecule has 0 spiro atoms. The molecular weight excluding hydrogens is 255 g/mol. The molecule has 0 saturated heterocycles. The van der Waals surface area contributed by atoms with E-state index in [4.69, 9.17) is 17.3 Å². The Balaban J connectivity index is 2.22. The minimum atomic E-state index is -0.336. The summed E-state index contributed by atoms with van der Waals surface area (Å²) in [5, 5.41) is 4.69. The second-order valence-electron chi connectivity index (χ2n) is 3.83. The zero-order chi connectivity index (χ0) is 12.7. The van der Waals surface area contributed by atoms with E-state index in [0.29, 0.717) is 27.7 Å². The lowest BCUT2D eigenvalue weighted by Gasteiger charge is -1.95. The first kappa shape index (κ1) is 11.0. The van der Waals surface area contributed by atoms with Crippen LogP contribution in [-0.2, 0) is 0 Å². The van der Waals surface area contributed by atoms with Crippen molar-refractivity contribution in [2.45, 2.75) is 0 Å². The number of nitrogens with zero attached hydrogens (tertiary/aromatic N) is 3. The summed E-state index contributed by atoms with van der Waals surface area (Å²) in [6.07, 6.45) is 1.60. The van der Waals surface area contributed by atoms with E-state index in [-0.39, 0.29) is 5.82 Å².